The molecule has 37 heavy (non-hydrogen) atoms. The zero-order valence-corrected chi connectivity index (χ0v) is 21.5. The van der Waals surface area contributed by atoms with Gasteiger partial charge in [0.1, 0.15) is 17.6 Å². The van der Waals surface area contributed by atoms with Gasteiger partial charge in [0.05, 0.1) is 34.0 Å². The van der Waals surface area contributed by atoms with Crippen LogP contribution in [-0.2, 0) is 9.53 Å². The van der Waals surface area contributed by atoms with Gasteiger partial charge in [0.25, 0.3) is 5.56 Å². The lowest BCUT2D eigenvalue weighted by molar-refractivity contribution is -0.139. The van der Waals surface area contributed by atoms with E-state index in [1.165, 1.54) is 15.9 Å². The Kier molecular flexibility index (Phi) is 6.66. The van der Waals surface area contributed by atoms with Gasteiger partial charge < -0.3 is 9.15 Å². The number of rotatable bonds is 5. The molecule has 2 aromatic carbocycles. The normalized spacial score (nSPS) is 15.2. The molecule has 5 rings (SSSR count). The SMILES string of the molecule is CCOC(=O)C1=C(C)N=c2s/c(=C\c3ccc(-c4ccccc4C#N)o3)c(=O)n2[C@@H]1c1ccccc1Cl. The molecule has 9 heteroatoms. The second-order valence-electron chi connectivity index (χ2n) is 8.18. The van der Waals surface area contributed by atoms with E-state index < -0.39 is 12.0 Å². The third-order valence-corrected chi connectivity index (χ3v) is 7.26. The molecule has 3 heterocycles. The summed E-state index contributed by atoms with van der Waals surface area (Å²) in [6.07, 6.45) is 1.63. The molecule has 0 radical (unpaired) electrons. The zero-order valence-electron chi connectivity index (χ0n) is 19.9. The third-order valence-electron chi connectivity index (χ3n) is 5.93. The van der Waals surface area contributed by atoms with Gasteiger partial charge in [0.2, 0.25) is 0 Å². The lowest BCUT2D eigenvalue weighted by atomic mass is 9.96. The number of hydrogen-bond acceptors (Lipinski definition) is 7. The van der Waals surface area contributed by atoms with E-state index in [4.69, 9.17) is 20.8 Å². The average Bonchev–Trinajstić information content (AvgIpc) is 3.48. The highest BCUT2D eigenvalue weighted by Gasteiger charge is 2.34. The average molecular weight is 530 g/mol. The lowest BCUT2D eigenvalue weighted by Gasteiger charge is -2.25. The molecule has 184 valence electrons. The summed E-state index contributed by atoms with van der Waals surface area (Å²) in [4.78, 5) is 31.7. The number of benzene rings is 2. The van der Waals surface area contributed by atoms with Crippen molar-refractivity contribution in [1.29, 1.82) is 5.26 Å². The number of fused-ring (bicyclic) bond motifs is 1. The summed E-state index contributed by atoms with van der Waals surface area (Å²) in [6.45, 7) is 3.63. The van der Waals surface area contributed by atoms with E-state index >= 15 is 0 Å². The third kappa shape index (κ3) is 4.44. The molecule has 0 spiro atoms. The molecule has 4 aromatic rings. The van der Waals surface area contributed by atoms with Crippen LogP contribution in [0.2, 0.25) is 5.02 Å². The van der Waals surface area contributed by atoms with Crippen LogP contribution in [0.3, 0.4) is 0 Å². The molecule has 0 amide bonds. The topological polar surface area (TPSA) is 97.6 Å². The molecule has 0 saturated carbocycles. The molecule has 0 bridgehead atoms. The summed E-state index contributed by atoms with van der Waals surface area (Å²) < 4.78 is 13.1. The Morgan fingerprint density at radius 3 is 2.73 bits per heavy atom. The van der Waals surface area contributed by atoms with Crippen LogP contribution in [0.15, 0.2) is 86.1 Å². The van der Waals surface area contributed by atoms with Gasteiger partial charge in [-0.05, 0) is 49.7 Å². The Morgan fingerprint density at radius 2 is 1.97 bits per heavy atom. The monoisotopic (exact) mass is 529 g/mol. The Morgan fingerprint density at radius 1 is 1.22 bits per heavy atom. The standard InChI is InChI=1S/C28H20ClN3O4S/c1-3-35-27(34)24-16(2)31-28-32(25(24)20-10-6-7-11-21(20)29)26(33)23(37-28)14-18-12-13-22(36-18)19-9-5-4-8-17(19)15-30/h4-14,25H,3H2,1-2H3/b23-14-/t25-/m1/s1. The maximum Gasteiger partial charge on any atom is 0.338 e. The maximum atomic E-state index is 13.7. The number of hydrogen-bond donors (Lipinski definition) is 0. The molecule has 0 N–H and O–H groups in total. The van der Waals surface area contributed by atoms with Crippen LogP contribution in [0.5, 0.6) is 0 Å². The van der Waals surface area contributed by atoms with Gasteiger partial charge in [0, 0.05) is 16.7 Å². The largest absolute Gasteiger partial charge is 0.463 e. The van der Waals surface area contributed by atoms with Gasteiger partial charge in [-0.1, -0.05) is 53.3 Å². The van der Waals surface area contributed by atoms with Crippen molar-refractivity contribution in [2.45, 2.75) is 19.9 Å². The minimum Gasteiger partial charge on any atom is -0.463 e. The lowest BCUT2D eigenvalue weighted by Crippen LogP contribution is -2.40. The molecular formula is C28H20ClN3O4S. The van der Waals surface area contributed by atoms with Crippen LogP contribution < -0.4 is 14.9 Å². The predicted octanol–water partition coefficient (Wildman–Crippen LogP) is 4.58. The predicted molar refractivity (Wildman–Crippen MR) is 141 cm³/mol. The number of nitriles is 1. The summed E-state index contributed by atoms with van der Waals surface area (Å²) in [5.74, 6) is 0.420. The van der Waals surface area contributed by atoms with Crippen LogP contribution in [-0.4, -0.2) is 17.1 Å². The first kappa shape index (κ1) is 24.5. The van der Waals surface area contributed by atoms with E-state index in [0.29, 0.717) is 48.3 Å². The minimum absolute atomic E-state index is 0.186. The Balaban J connectivity index is 1.66. The first-order valence-electron chi connectivity index (χ1n) is 11.5. The highest BCUT2D eigenvalue weighted by molar-refractivity contribution is 7.07. The van der Waals surface area contributed by atoms with Gasteiger partial charge in [-0.3, -0.25) is 9.36 Å². The molecule has 2 aromatic heterocycles. The molecule has 0 unspecified atom stereocenters. The van der Waals surface area contributed by atoms with Crippen LogP contribution in [0.25, 0.3) is 17.4 Å². The Bertz CT molecular complexity index is 1790. The van der Waals surface area contributed by atoms with E-state index in [2.05, 4.69) is 11.1 Å². The van der Waals surface area contributed by atoms with Gasteiger partial charge in [-0.25, -0.2) is 9.79 Å². The summed E-state index contributed by atoms with van der Waals surface area (Å²) in [5, 5.41) is 9.83. The van der Waals surface area contributed by atoms with Crippen molar-refractivity contribution >= 4 is 35.0 Å². The van der Waals surface area contributed by atoms with Crippen molar-refractivity contribution in [1.82, 2.24) is 4.57 Å². The number of nitrogens with zero attached hydrogens (tertiary/aromatic N) is 3. The van der Waals surface area contributed by atoms with Crippen LogP contribution in [0, 0.1) is 11.3 Å². The van der Waals surface area contributed by atoms with Crippen molar-refractivity contribution in [3.63, 3.8) is 0 Å². The number of carbonyl (C=O) groups is 1. The minimum atomic E-state index is -0.791. The number of aromatic nitrogens is 1. The van der Waals surface area contributed by atoms with E-state index in [9.17, 15) is 14.9 Å². The fraction of sp³-hybridized carbons (Fsp3) is 0.143. The van der Waals surface area contributed by atoms with E-state index in [-0.39, 0.29) is 17.7 Å². The van der Waals surface area contributed by atoms with E-state index in [1.807, 2.05) is 6.07 Å². The van der Waals surface area contributed by atoms with Gasteiger partial charge in [0.15, 0.2) is 4.80 Å². The number of esters is 1. The van der Waals surface area contributed by atoms with Crippen LogP contribution in [0.4, 0.5) is 0 Å². The summed E-state index contributed by atoms with van der Waals surface area (Å²) in [7, 11) is 0. The fourth-order valence-electron chi connectivity index (χ4n) is 4.28. The molecule has 0 aliphatic carbocycles. The summed E-state index contributed by atoms with van der Waals surface area (Å²) in [6, 6.07) is 19.1. The zero-order chi connectivity index (χ0) is 26.1. The fourth-order valence-corrected chi connectivity index (χ4v) is 5.55. The molecule has 7 nitrogen and oxygen atoms in total. The second kappa shape index (κ2) is 10.1. The van der Waals surface area contributed by atoms with E-state index in [0.717, 1.165) is 0 Å². The first-order valence-corrected chi connectivity index (χ1v) is 12.7. The van der Waals surface area contributed by atoms with Crippen molar-refractivity contribution in [3.8, 4) is 17.4 Å². The second-order valence-corrected chi connectivity index (χ2v) is 9.60. The number of carbonyl (C=O) groups excluding carboxylic acids is 1. The highest BCUT2D eigenvalue weighted by Crippen LogP contribution is 2.34. The van der Waals surface area contributed by atoms with Crippen LogP contribution >= 0.6 is 22.9 Å². The molecule has 0 fully saturated rings. The van der Waals surface area contributed by atoms with Crippen molar-refractivity contribution in [3.05, 3.63) is 114 Å². The van der Waals surface area contributed by atoms with Gasteiger partial charge >= 0.3 is 5.97 Å². The molecule has 1 aliphatic heterocycles. The van der Waals surface area contributed by atoms with Crippen LogP contribution in [0.1, 0.15) is 36.8 Å². The first-order chi connectivity index (χ1) is 17.9. The number of thiazole rings is 1. The van der Waals surface area contributed by atoms with Crippen molar-refractivity contribution in [2.24, 2.45) is 4.99 Å². The molecule has 1 aliphatic rings. The smallest absolute Gasteiger partial charge is 0.338 e. The number of halogens is 1. The number of ether oxygens (including phenoxy) is 1. The quantitative estimate of drug-likeness (QED) is 0.352. The maximum absolute atomic E-state index is 13.7. The van der Waals surface area contributed by atoms with Crippen molar-refractivity contribution in [2.75, 3.05) is 6.61 Å². The number of furan rings is 1. The van der Waals surface area contributed by atoms with E-state index in [1.54, 1.807) is 74.5 Å². The molecular weight excluding hydrogens is 510 g/mol. The highest BCUT2D eigenvalue weighted by atomic mass is 35.5. The Hall–Kier alpha value is -4.19. The molecule has 1 atom stereocenters. The van der Waals surface area contributed by atoms with Gasteiger partial charge in [-0.2, -0.15) is 5.26 Å². The summed E-state index contributed by atoms with van der Waals surface area (Å²) in [5.41, 5.74) is 2.15. The van der Waals surface area contributed by atoms with Crippen molar-refractivity contribution < 1.29 is 13.9 Å². The Labute approximate surface area is 220 Å². The summed E-state index contributed by atoms with van der Waals surface area (Å²) >= 11 is 7.72. The number of allylic oxidation sites excluding steroid dienone is 1. The van der Waals surface area contributed by atoms with Gasteiger partial charge in [-0.15, -0.1) is 0 Å². The molecule has 0 saturated heterocycles.